The molecular formula is C10H16N2O3S. The quantitative estimate of drug-likeness (QED) is 0.605. The van der Waals surface area contributed by atoms with Gasteiger partial charge in [0, 0.05) is 19.7 Å². The zero-order valence-corrected chi connectivity index (χ0v) is 9.70. The summed E-state index contributed by atoms with van der Waals surface area (Å²) in [6.45, 7) is 0.588. The maximum absolute atomic E-state index is 11.7. The topological polar surface area (TPSA) is 92.4 Å². The highest BCUT2D eigenvalue weighted by molar-refractivity contribution is 7.89. The van der Waals surface area contributed by atoms with Gasteiger partial charge in [-0.2, -0.15) is 0 Å². The Morgan fingerprint density at radius 1 is 1.25 bits per heavy atom. The number of benzene rings is 1. The van der Waals surface area contributed by atoms with E-state index >= 15 is 0 Å². The predicted molar refractivity (Wildman–Crippen MR) is 61.2 cm³/mol. The van der Waals surface area contributed by atoms with Gasteiger partial charge >= 0.3 is 0 Å². The lowest BCUT2D eigenvalue weighted by molar-refractivity contribution is 0.289. The van der Waals surface area contributed by atoms with Crippen LogP contribution in [0.5, 0.6) is 0 Å². The second kappa shape index (κ2) is 5.95. The molecule has 0 aliphatic heterocycles. The van der Waals surface area contributed by atoms with Crippen LogP contribution in [-0.2, 0) is 16.6 Å². The third-order valence-electron chi connectivity index (χ3n) is 2.10. The van der Waals surface area contributed by atoms with E-state index < -0.39 is 10.0 Å². The Balaban J connectivity index is 2.74. The van der Waals surface area contributed by atoms with Crippen molar-refractivity contribution in [1.82, 2.24) is 4.72 Å². The Morgan fingerprint density at radius 3 is 2.38 bits per heavy atom. The van der Waals surface area contributed by atoms with Gasteiger partial charge < -0.3 is 10.8 Å². The normalized spacial score (nSPS) is 11.6. The summed E-state index contributed by atoms with van der Waals surface area (Å²) in [5.74, 6) is 0. The molecule has 0 fully saturated rings. The molecular weight excluding hydrogens is 228 g/mol. The first-order valence-corrected chi connectivity index (χ1v) is 6.48. The number of hydrogen-bond acceptors (Lipinski definition) is 4. The first kappa shape index (κ1) is 13.1. The minimum absolute atomic E-state index is 0.0331. The summed E-state index contributed by atoms with van der Waals surface area (Å²) in [7, 11) is -3.46. The second-order valence-corrected chi connectivity index (χ2v) is 5.09. The number of rotatable bonds is 6. The van der Waals surface area contributed by atoms with Crippen LogP contribution in [0.25, 0.3) is 0 Å². The van der Waals surface area contributed by atoms with E-state index in [0.29, 0.717) is 13.0 Å². The van der Waals surface area contributed by atoms with Crippen LogP contribution in [0.1, 0.15) is 12.0 Å². The van der Waals surface area contributed by atoms with Gasteiger partial charge in [-0.3, -0.25) is 0 Å². The van der Waals surface area contributed by atoms with Crippen molar-refractivity contribution in [2.75, 3.05) is 13.2 Å². The minimum atomic E-state index is -3.46. The van der Waals surface area contributed by atoms with Gasteiger partial charge in [-0.05, 0) is 24.1 Å². The van der Waals surface area contributed by atoms with Crippen LogP contribution < -0.4 is 10.5 Å². The molecule has 6 heteroatoms. The zero-order valence-electron chi connectivity index (χ0n) is 8.89. The average Bonchev–Trinajstić information content (AvgIpc) is 2.29. The van der Waals surface area contributed by atoms with Crippen LogP contribution in [0.2, 0.25) is 0 Å². The van der Waals surface area contributed by atoms with Crippen LogP contribution in [0.15, 0.2) is 29.2 Å². The average molecular weight is 244 g/mol. The SMILES string of the molecule is NCc1ccc(S(=O)(=O)NCCCO)cc1. The summed E-state index contributed by atoms with van der Waals surface area (Å²) >= 11 is 0. The van der Waals surface area contributed by atoms with E-state index in [2.05, 4.69) is 4.72 Å². The fourth-order valence-corrected chi connectivity index (χ4v) is 2.25. The van der Waals surface area contributed by atoms with Crippen molar-refractivity contribution in [2.24, 2.45) is 5.73 Å². The summed E-state index contributed by atoms with van der Waals surface area (Å²) in [5.41, 5.74) is 6.30. The van der Waals surface area contributed by atoms with E-state index in [1.807, 2.05) is 0 Å². The van der Waals surface area contributed by atoms with E-state index in [4.69, 9.17) is 10.8 Å². The highest BCUT2D eigenvalue weighted by atomic mass is 32.2. The fourth-order valence-electron chi connectivity index (χ4n) is 1.17. The van der Waals surface area contributed by atoms with Gasteiger partial charge in [0.2, 0.25) is 10.0 Å². The third-order valence-corrected chi connectivity index (χ3v) is 3.57. The van der Waals surface area contributed by atoms with Gasteiger partial charge in [0.1, 0.15) is 0 Å². The molecule has 0 saturated carbocycles. The lowest BCUT2D eigenvalue weighted by Gasteiger charge is -2.06. The van der Waals surface area contributed by atoms with Gasteiger partial charge in [-0.1, -0.05) is 12.1 Å². The van der Waals surface area contributed by atoms with Crippen LogP contribution in [-0.4, -0.2) is 26.7 Å². The molecule has 0 aliphatic carbocycles. The van der Waals surface area contributed by atoms with E-state index in [9.17, 15) is 8.42 Å². The molecule has 0 heterocycles. The molecule has 1 aromatic carbocycles. The molecule has 90 valence electrons. The van der Waals surface area contributed by atoms with Gasteiger partial charge in [0.25, 0.3) is 0 Å². The van der Waals surface area contributed by atoms with Crippen LogP contribution >= 0.6 is 0 Å². The molecule has 0 aromatic heterocycles. The summed E-state index contributed by atoms with van der Waals surface area (Å²) < 4.78 is 25.8. The molecule has 0 radical (unpaired) electrons. The number of nitrogens with two attached hydrogens (primary N) is 1. The molecule has 0 bridgehead atoms. The van der Waals surface area contributed by atoms with E-state index in [-0.39, 0.29) is 18.0 Å². The molecule has 0 atom stereocenters. The van der Waals surface area contributed by atoms with E-state index in [1.165, 1.54) is 12.1 Å². The first-order chi connectivity index (χ1) is 7.60. The lowest BCUT2D eigenvalue weighted by atomic mass is 10.2. The smallest absolute Gasteiger partial charge is 0.240 e. The first-order valence-electron chi connectivity index (χ1n) is 4.99. The molecule has 1 aromatic rings. The molecule has 0 saturated heterocycles. The molecule has 5 nitrogen and oxygen atoms in total. The van der Waals surface area contributed by atoms with E-state index in [0.717, 1.165) is 5.56 Å². The summed E-state index contributed by atoms with van der Waals surface area (Å²) in [6.07, 6.45) is 0.403. The number of aliphatic hydroxyl groups is 1. The van der Waals surface area contributed by atoms with Gasteiger partial charge in [0.15, 0.2) is 0 Å². The largest absolute Gasteiger partial charge is 0.396 e. The Morgan fingerprint density at radius 2 is 1.88 bits per heavy atom. The highest BCUT2D eigenvalue weighted by Crippen LogP contribution is 2.09. The molecule has 1 rings (SSSR count). The summed E-state index contributed by atoms with van der Waals surface area (Å²) in [5, 5.41) is 8.55. The molecule has 0 unspecified atom stereocenters. The summed E-state index contributed by atoms with van der Waals surface area (Å²) in [6, 6.07) is 6.40. The van der Waals surface area contributed by atoms with Gasteiger partial charge in [-0.25, -0.2) is 13.1 Å². The van der Waals surface area contributed by atoms with Crippen LogP contribution in [0.4, 0.5) is 0 Å². The third kappa shape index (κ3) is 3.57. The van der Waals surface area contributed by atoms with Crippen LogP contribution in [0.3, 0.4) is 0 Å². The Labute approximate surface area is 95.3 Å². The Kier molecular flexibility index (Phi) is 4.88. The molecule has 16 heavy (non-hydrogen) atoms. The molecule has 0 aliphatic rings. The maximum atomic E-state index is 11.7. The monoisotopic (exact) mass is 244 g/mol. The van der Waals surface area contributed by atoms with Crippen molar-refractivity contribution in [1.29, 1.82) is 0 Å². The minimum Gasteiger partial charge on any atom is -0.396 e. The summed E-state index contributed by atoms with van der Waals surface area (Å²) in [4.78, 5) is 0.211. The standard InChI is InChI=1S/C10H16N2O3S/c11-8-9-2-4-10(5-3-9)16(14,15)12-6-1-7-13/h2-5,12-13H,1,6-8,11H2. The lowest BCUT2D eigenvalue weighted by Crippen LogP contribution is -2.25. The van der Waals surface area contributed by atoms with Gasteiger partial charge in [-0.15, -0.1) is 0 Å². The van der Waals surface area contributed by atoms with Crippen molar-refractivity contribution in [2.45, 2.75) is 17.9 Å². The predicted octanol–water partition coefficient (Wildman–Crippen LogP) is -0.194. The van der Waals surface area contributed by atoms with Gasteiger partial charge in [0.05, 0.1) is 4.90 Å². The molecule has 0 amide bonds. The highest BCUT2D eigenvalue weighted by Gasteiger charge is 2.12. The number of nitrogens with one attached hydrogen (secondary N) is 1. The van der Waals surface area contributed by atoms with Crippen molar-refractivity contribution < 1.29 is 13.5 Å². The Hall–Kier alpha value is -0.950. The van der Waals surface area contributed by atoms with Crippen molar-refractivity contribution >= 4 is 10.0 Å². The van der Waals surface area contributed by atoms with Crippen molar-refractivity contribution in [3.63, 3.8) is 0 Å². The number of sulfonamides is 1. The molecule has 4 N–H and O–H groups in total. The molecule has 0 spiro atoms. The second-order valence-electron chi connectivity index (χ2n) is 3.32. The van der Waals surface area contributed by atoms with Crippen LogP contribution in [0, 0.1) is 0 Å². The van der Waals surface area contributed by atoms with Crippen molar-refractivity contribution in [3.05, 3.63) is 29.8 Å². The van der Waals surface area contributed by atoms with Crippen molar-refractivity contribution in [3.8, 4) is 0 Å². The number of hydrogen-bond donors (Lipinski definition) is 3. The van der Waals surface area contributed by atoms with E-state index in [1.54, 1.807) is 12.1 Å². The maximum Gasteiger partial charge on any atom is 0.240 e. The Bertz CT molecular complexity index is 414. The fraction of sp³-hybridized carbons (Fsp3) is 0.400. The number of aliphatic hydroxyl groups excluding tert-OH is 1. The zero-order chi connectivity index (χ0) is 12.0.